The fourth-order valence-electron chi connectivity index (χ4n) is 2.33. The number of carbonyl (C=O) groups excluding carboxylic acids is 2. The number of esters is 2. The zero-order chi connectivity index (χ0) is 19.4. The van der Waals surface area contributed by atoms with Crippen LogP contribution in [-0.4, -0.2) is 25.7 Å². The Bertz CT molecular complexity index is 633. The van der Waals surface area contributed by atoms with Crippen LogP contribution in [-0.2, 0) is 14.3 Å². The van der Waals surface area contributed by atoms with Crippen molar-refractivity contribution in [3.8, 4) is 11.5 Å². The van der Waals surface area contributed by atoms with Gasteiger partial charge in [0.1, 0.15) is 0 Å². The minimum absolute atomic E-state index is 0.291. The van der Waals surface area contributed by atoms with E-state index in [4.69, 9.17) is 14.2 Å². The van der Waals surface area contributed by atoms with Crippen LogP contribution in [0, 0.1) is 5.92 Å². The highest BCUT2D eigenvalue weighted by Crippen LogP contribution is 2.28. The van der Waals surface area contributed by atoms with E-state index in [1.165, 1.54) is 13.2 Å². The highest BCUT2D eigenvalue weighted by Gasteiger charge is 2.10. The molecule has 0 fully saturated rings. The lowest BCUT2D eigenvalue weighted by molar-refractivity contribution is -0.139. The summed E-state index contributed by atoms with van der Waals surface area (Å²) >= 11 is 0. The average Bonchev–Trinajstić information content (AvgIpc) is 2.67. The maximum Gasteiger partial charge on any atom is 0.335 e. The van der Waals surface area contributed by atoms with Crippen LogP contribution >= 0.6 is 0 Å². The Morgan fingerprint density at radius 1 is 1.19 bits per heavy atom. The van der Waals surface area contributed by atoms with Crippen LogP contribution in [0.3, 0.4) is 0 Å². The lowest BCUT2D eigenvalue weighted by Gasteiger charge is -2.13. The second-order valence-electron chi connectivity index (χ2n) is 5.92. The number of methoxy groups -OCH3 is 1. The van der Waals surface area contributed by atoms with Crippen LogP contribution in [0.5, 0.6) is 11.5 Å². The highest BCUT2D eigenvalue weighted by atomic mass is 16.6. The highest BCUT2D eigenvalue weighted by molar-refractivity contribution is 5.87. The summed E-state index contributed by atoms with van der Waals surface area (Å²) in [6.45, 7) is 8.06. The Morgan fingerprint density at radius 2 is 1.96 bits per heavy atom. The number of rotatable bonds is 11. The molecule has 0 bridgehead atoms. The van der Waals surface area contributed by atoms with Gasteiger partial charge in [-0.3, -0.25) is 0 Å². The molecular weight excluding hydrogens is 332 g/mol. The van der Waals surface area contributed by atoms with E-state index in [0.29, 0.717) is 24.0 Å². The predicted molar refractivity (Wildman–Crippen MR) is 102 cm³/mol. The van der Waals surface area contributed by atoms with E-state index in [1.54, 1.807) is 24.3 Å². The standard InChI is InChI=1S/C21H28O5/c1-5-8-9-16(6-2)15-25-21(23)13-11-17-10-12-18(19(14-17)24-4)26-20(22)7-3/h7,10-14,16H,3,5-6,8-9,15H2,1-2,4H3/b13-11+. The number of unbranched alkanes of at least 4 members (excludes halogenated alkanes) is 1. The van der Waals surface area contributed by atoms with Gasteiger partial charge in [-0.15, -0.1) is 0 Å². The van der Waals surface area contributed by atoms with Gasteiger partial charge in [0.15, 0.2) is 11.5 Å². The van der Waals surface area contributed by atoms with E-state index in [1.807, 2.05) is 0 Å². The van der Waals surface area contributed by atoms with E-state index < -0.39 is 5.97 Å². The molecule has 0 aliphatic carbocycles. The van der Waals surface area contributed by atoms with Crippen molar-refractivity contribution < 1.29 is 23.8 Å². The van der Waals surface area contributed by atoms with Gasteiger partial charge in [0, 0.05) is 12.2 Å². The number of carbonyl (C=O) groups is 2. The maximum absolute atomic E-state index is 11.9. The predicted octanol–water partition coefficient (Wildman–Crippen LogP) is 4.56. The first kappa shape index (κ1) is 21.5. The van der Waals surface area contributed by atoms with E-state index >= 15 is 0 Å². The van der Waals surface area contributed by atoms with Gasteiger partial charge < -0.3 is 14.2 Å². The van der Waals surface area contributed by atoms with Gasteiger partial charge in [-0.25, -0.2) is 9.59 Å². The second-order valence-corrected chi connectivity index (χ2v) is 5.92. The van der Waals surface area contributed by atoms with E-state index in [0.717, 1.165) is 37.3 Å². The molecule has 0 amide bonds. The second kappa shape index (κ2) is 11.9. The van der Waals surface area contributed by atoms with Crippen LogP contribution in [0.15, 0.2) is 36.9 Å². The van der Waals surface area contributed by atoms with E-state index in [9.17, 15) is 9.59 Å². The van der Waals surface area contributed by atoms with E-state index in [-0.39, 0.29) is 5.97 Å². The van der Waals surface area contributed by atoms with Crippen molar-refractivity contribution >= 4 is 18.0 Å². The molecule has 142 valence electrons. The van der Waals surface area contributed by atoms with Gasteiger partial charge in [-0.1, -0.05) is 45.8 Å². The van der Waals surface area contributed by atoms with Crippen LogP contribution in [0.4, 0.5) is 0 Å². The fourth-order valence-corrected chi connectivity index (χ4v) is 2.33. The van der Waals surface area contributed by atoms with Crippen molar-refractivity contribution in [2.24, 2.45) is 5.92 Å². The summed E-state index contributed by atoms with van der Waals surface area (Å²) in [7, 11) is 1.48. The number of hydrogen-bond donors (Lipinski definition) is 0. The Morgan fingerprint density at radius 3 is 2.58 bits per heavy atom. The molecule has 26 heavy (non-hydrogen) atoms. The topological polar surface area (TPSA) is 61.8 Å². The summed E-state index contributed by atoms with van der Waals surface area (Å²) in [6.07, 6.45) is 8.46. The van der Waals surface area contributed by atoms with Gasteiger partial charge >= 0.3 is 11.9 Å². The third kappa shape index (κ3) is 7.55. The lowest BCUT2D eigenvalue weighted by Crippen LogP contribution is -2.12. The summed E-state index contributed by atoms with van der Waals surface area (Å²) in [6, 6.07) is 4.99. The molecule has 1 unspecified atom stereocenters. The zero-order valence-electron chi connectivity index (χ0n) is 15.8. The van der Waals surface area contributed by atoms with Crippen LogP contribution < -0.4 is 9.47 Å². The SMILES string of the molecule is C=CC(=O)Oc1ccc(/C=C/C(=O)OCC(CC)CCCC)cc1OC. The molecule has 5 nitrogen and oxygen atoms in total. The smallest absolute Gasteiger partial charge is 0.335 e. The molecular formula is C21H28O5. The molecule has 1 aromatic carbocycles. The first-order valence-corrected chi connectivity index (χ1v) is 8.91. The molecule has 0 saturated heterocycles. The average molecular weight is 360 g/mol. The Kier molecular flexibility index (Phi) is 9.83. The molecule has 5 heteroatoms. The third-order valence-electron chi connectivity index (χ3n) is 3.98. The van der Waals surface area contributed by atoms with E-state index in [2.05, 4.69) is 20.4 Å². The molecule has 0 aliphatic rings. The Hall–Kier alpha value is -2.56. The molecule has 1 aromatic rings. The van der Waals surface area contributed by atoms with Crippen molar-refractivity contribution in [3.63, 3.8) is 0 Å². The van der Waals surface area contributed by atoms with Gasteiger partial charge in [0.2, 0.25) is 0 Å². The zero-order valence-corrected chi connectivity index (χ0v) is 15.8. The van der Waals surface area contributed by atoms with Crippen molar-refractivity contribution in [2.45, 2.75) is 39.5 Å². The van der Waals surface area contributed by atoms with Crippen molar-refractivity contribution in [1.82, 2.24) is 0 Å². The molecule has 1 rings (SSSR count). The molecule has 0 aromatic heterocycles. The minimum Gasteiger partial charge on any atom is -0.493 e. The van der Waals surface area contributed by atoms with Gasteiger partial charge in [-0.2, -0.15) is 0 Å². The summed E-state index contributed by atoms with van der Waals surface area (Å²) in [4.78, 5) is 23.2. The summed E-state index contributed by atoms with van der Waals surface area (Å²) in [5, 5.41) is 0. The first-order chi connectivity index (χ1) is 12.5. The number of hydrogen-bond acceptors (Lipinski definition) is 5. The molecule has 0 aliphatic heterocycles. The normalized spacial score (nSPS) is 11.8. The van der Waals surface area contributed by atoms with Gasteiger partial charge in [-0.05, 0) is 36.1 Å². The molecule has 1 atom stereocenters. The fraction of sp³-hybridized carbons (Fsp3) is 0.429. The van der Waals surface area contributed by atoms with Gasteiger partial charge in [0.25, 0.3) is 0 Å². The third-order valence-corrected chi connectivity index (χ3v) is 3.98. The molecule has 0 N–H and O–H groups in total. The van der Waals surface area contributed by atoms with Gasteiger partial charge in [0.05, 0.1) is 13.7 Å². The summed E-state index contributed by atoms with van der Waals surface area (Å²) in [5.41, 5.74) is 0.732. The number of ether oxygens (including phenoxy) is 3. The Balaban J connectivity index is 2.65. The number of benzene rings is 1. The first-order valence-electron chi connectivity index (χ1n) is 8.91. The van der Waals surface area contributed by atoms with Crippen LogP contribution in [0.25, 0.3) is 6.08 Å². The minimum atomic E-state index is -0.566. The van der Waals surface area contributed by atoms with Crippen LogP contribution in [0.2, 0.25) is 0 Å². The largest absolute Gasteiger partial charge is 0.493 e. The van der Waals surface area contributed by atoms with Crippen molar-refractivity contribution in [1.29, 1.82) is 0 Å². The van der Waals surface area contributed by atoms with Crippen molar-refractivity contribution in [2.75, 3.05) is 13.7 Å². The Labute approximate surface area is 155 Å². The monoisotopic (exact) mass is 360 g/mol. The molecule has 0 spiro atoms. The molecule has 0 heterocycles. The quantitative estimate of drug-likeness (QED) is 0.329. The van der Waals surface area contributed by atoms with Crippen molar-refractivity contribution in [3.05, 3.63) is 42.5 Å². The molecule has 0 saturated carbocycles. The summed E-state index contributed by atoms with van der Waals surface area (Å²) in [5.74, 6) is 0.149. The maximum atomic E-state index is 11.9. The summed E-state index contributed by atoms with van der Waals surface area (Å²) < 4.78 is 15.6. The lowest BCUT2D eigenvalue weighted by atomic mass is 10.0. The molecule has 0 radical (unpaired) electrons. The van der Waals surface area contributed by atoms with Crippen LogP contribution in [0.1, 0.15) is 45.1 Å².